The monoisotopic (exact) mass is 334 g/mol. The average Bonchev–Trinajstić information content (AvgIpc) is 2.19. The number of H-pyrrole nitrogens is 1. The molecule has 0 bridgehead atoms. The molecule has 0 spiro atoms. The molecule has 0 saturated carbocycles. The fraction of sp³-hybridized carbons (Fsp3) is 0.182. The minimum absolute atomic E-state index is 0. The van der Waals surface area contributed by atoms with Gasteiger partial charge < -0.3 is 10.7 Å². The third-order valence-corrected chi connectivity index (χ3v) is 3.60. The van der Waals surface area contributed by atoms with Gasteiger partial charge in [-0.05, 0) is 41.1 Å². The summed E-state index contributed by atoms with van der Waals surface area (Å²) in [6, 6.07) is 5.06. The van der Waals surface area contributed by atoms with Crippen molar-refractivity contribution < 1.29 is 0 Å². The van der Waals surface area contributed by atoms with Crippen molar-refractivity contribution in [2.24, 2.45) is 5.73 Å². The van der Waals surface area contributed by atoms with Crippen LogP contribution in [0.4, 0.5) is 0 Å². The predicted molar refractivity (Wildman–Crippen MR) is 80.3 cm³/mol. The standard InChI is InChI=1S/C11H10BrClN2O.H2S/c1-5(14)7-2-6-3-9(13)8(12)4-10(6)15-11(7)16;/h2-5H,14H2,1H3,(H,15,16);1H2/t5-;/m0./s1. The first-order chi connectivity index (χ1) is 7.49. The summed E-state index contributed by atoms with van der Waals surface area (Å²) >= 11 is 9.30. The quantitative estimate of drug-likeness (QED) is 0.841. The third kappa shape index (κ3) is 2.85. The van der Waals surface area contributed by atoms with Gasteiger partial charge in [0.1, 0.15) is 0 Å². The van der Waals surface area contributed by atoms with Crippen molar-refractivity contribution in [2.75, 3.05) is 0 Å². The molecule has 0 radical (unpaired) electrons. The SMILES string of the molecule is C[C@H](N)c1cc2cc(Cl)c(Br)cc2[nH]c1=O.S. The Balaban J connectivity index is 0.00000144. The van der Waals surface area contributed by atoms with E-state index in [0.717, 1.165) is 15.4 Å². The zero-order chi connectivity index (χ0) is 11.9. The van der Waals surface area contributed by atoms with Crippen molar-refractivity contribution in [3.05, 3.63) is 43.6 Å². The van der Waals surface area contributed by atoms with Gasteiger partial charge in [-0.25, -0.2) is 0 Å². The number of pyridine rings is 1. The van der Waals surface area contributed by atoms with E-state index in [1.54, 1.807) is 25.1 Å². The van der Waals surface area contributed by atoms with E-state index in [1.165, 1.54) is 0 Å². The Morgan fingerprint density at radius 3 is 2.65 bits per heavy atom. The summed E-state index contributed by atoms with van der Waals surface area (Å²) < 4.78 is 0.755. The highest BCUT2D eigenvalue weighted by Crippen LogP contribution is 2.27. The summed E-state index contributed by atoms with van der Waals surface area (Å²) in [5.74, 6) is 0. The molecule has 1 aromatic carbocycles. The number of nitrogens with one attached hydrogen (secondary N) is 1. The van der Waals surface area contributed by atoms with Crippen molar-refractivity contribution in [2.45, 2.75) is 13.0 Å². The van der Waals surface area contributed by atoms with E-state index >= 15 is 0 Å². The molecule has 0 aliphatic carbocycles. The highest BCUT2D eigenvalue weighted by molar-refractivity contribution is 9.10. The maximum atomic E-state index is 11.7. The Labute approximate surface area is 119 Å². The molecule has 0 aliphatic heterocycles. The summed E-state index contributed by atoms with van der Waals surface area (Å²) in [6.45, 7) is 1.77. The van der Waals surface area contributed by atoms with Gasteiger partial charge in [-0.3, -0.25) is 4.79 Å². The fourth-order valence-corrected chi connectivity index (χ4v) is 2.07. The van der Waals surface area contributed by atoms with Gasteiger partial charge in [0.05, 0.1) is 5.02 Å². The Kier molecular flexibility index (Phi) is 4.66. The number of halogens is 2. The molecule has 0 saturated heterocycles. The molecule has 0 aliphatic rings. The van der Waals surface area contributed by atoms with E-state index < -0.39 is 0 Å². The molecule has 1 atom stereocenters. The van der Waals surface area contributed by atoms with Crippen LogP contribution in [0.1, 0.15) is 18.5 Å². The van der Waals surface area contributed by atoms with Crippen molar-refractivity contribution in [1.29, 1.82) is 0 Å². The lowest BCUT2D eigenvalue weighted by molar-refractivity contribution is 0.804. The van der Waals surface area contributed by atoms with E-state index in [9.17, 15) is 4.79 Å². The molecule has 1 heterocycles. The summed E-state index contributed by atoms with van der Waals surface area (Å²) in [4.78, 5) is 14.5. The molecule has 2 aromatic rings. The van der Waals surface area contributed by atoms with E-state index in [4.69, 9.17) is 17.3 Å². The first kappa shape index (κ1) is 14.6. The van der Waals surface area contributed by atoms with Crippen LogP contribution >= 0.6 is 41.0 Å². The molecule has 6 heteroatoms. The largest absolute Gasteiger partial charge is 0.324 e. The maximum absolute atomic E-state index is 11.7. The molecule has 17 heavy (non-hydrogen) atoms. The average molecular weight is 336 g/mol. The number of aromatic nitrogens is 1. The summed E-state index contributed by atoms with van der Waals surface area (Å²) in [6.07, 6.45) is 0. The zero-order valence-corrected chi connectivity index (χ0v) is 12.4. The minimum atomic E-state index is -0.296. The van der Waals surface area contributed by atoms with Gasteiger partial charge in [0.15, 0.2) is 0 Å². The molecular weight excluding hydrogens is 324 g/mol. The smallest absolute Gasteiger partial charge is 0.253 e. The molecule has 0 unspecified atom stereocenters. The second-order valence-corrected chi connectivity index (χ2v) is 4.96. The van der Waals surface area contributed by atoms with E-state index in [1.807, 2.05) is 0 Å². The van der Waals surface area contributed by atoms with Crippen LogP contribution in [-0.2, 0) is 0 Å². The Morgan fingerprint density at radius 1 is 1.41 bits per heavy atom. The topological polar surface area (TPSA) is 58.9 Å². The molecule has 0 fully saturated rings. The number of nitrogens with two attached hydrogens (primary N) is 1. The molecule has 2 rings (SSSR count). The molecule has 3 nitrogen and oxygen atoms in total. The number of rotatable bonds is 1. The highest BCUT2D eigenvalue weighted by atomic mass is 79.9. The first-order valence-electron chi connectivity index (χ1n) is 4.76. The molecule has 1 aromatic heterocycles. The van der Waals surface area contributed by atoms with Gasteiger partial charge in [-0.1, -0.05) is 11.6 Å². The van der Waals surface area contributed by atoms with Crippen LogP contribution in [0.5, 0.6) is 0 Å². The molecule has 92 valence electrons. The Bertz CT molecular complexity index is 612. The van der Waals surface area contributed by atoms with Crippen molar-refractivity contribution in [3.63, 3.8) is 0 Å². The second kappa shape index (κ2) is 5.44. The number of hydrogen-bond acceptors (Lipinski definition) is 2. The fourth-order valence-electron chi connectivity index (χ4n) is 1.56. The number of benzene rings is 1. The minimum Gasteiger partial charge on any atom is -0.324 e. The predicted octanol–water partition coefficient (Wildman–Crippen LogP) is 3.08. The Morgan fingerprint density at radius 2 is 2.06 bits per heavy atom. The lowest BCUT2D eigenvalue weighted by Crippen LogP contribution is -2.19. The summed E-state index contributed by atoms with van der Waals surface area (Å²) in [5.41, 5.74) is 6.86. The van der Waals surface area contributed by atoms with Crippen LogP contribution in [0.3, 0.4) is 0 Å². The first-order valence-corrected chi connectivity index (χ1v) is 5.93. The van der Waals surface area contributed by atoms with Gasteiger partial charge in [0.2, 0.25) is 0 Å². The van der Waals surface area contributed by atoms with Crippen LogP contribution in [0, 0.1) is 0 Å². The van der Waals surface area contributed by atoms with Crippen LogP contribution in [0.15, 0.2) is 27.5 Å². The number of aromatic amines is 1. The Hall–Kier alpha value is -0.490. The van der Waals surface area contributed by atoms with E-state index in [0.29, 0.717) is 10.6 Å². The lowest BCUT2D eigenvalue weighted by atomic mass is 10.1. The van der Waals surface area contributed by atoms with Crippen molar-refractivity contribution in [1.82, 2.24) is 4.98 Å². The van der Waals surface area contributed by atoms with Gasteiger partial charge >= 0.3 is 0 Å². The van der Waals surface area contributed by atoms with Gasteiger partial charge in [-0.2, -0.15) is 13.5 Å². The van der Waals surface area contributed by atoms with Crippen molar-refractivity contribution in [3.8, 4) is 0 Å². The number of fused-ring (bicyclic) bond motifs is 1. The third-order valence-electron chi connectivity index (χ3n) is 2.40. The molecule has 0 amide bonds. The highest BCUT2D eigenvalue weighted by Gasteiger charge is 2.08. The van der Waals surface area contributed by atoms with Gasteiger partial charge in [0, 0.05) is 27.0 Å². The molecular formula is C11H12BrClN2OS. The van der Waals surface area contributed by atoms with Crippen molar-refractivity contribution >= 4 is 51.9 Å². The molecule has 3 N–H and O–H groups in total. The summed E-state index contributed by atoms with van der Waals surface area (Å²) in [7, 11) is 0. The maximum Gasteiger partial charge on any atom is 0.253 e. The van der Waals surface area contributed by atoms with Crippen LogP contribution in [-0.4, -0.2) is 4.98 Å². The number of hydrogen-bond donors (Lipinski definition) is 2. The van der Waals surface area contributed by atoms with Crippen LogP contribution in [0.2, 0.25) is 5.02 Å². The lowest BCUT2D eigenvalue weighted by Gasteiger charge is -2.07. The van der Waals surface area contributed by atoms with Crippen LogP contribution < -0.4 is 11.3 Å². The van der Waals surface area contributed by atoms with E-state index in [2.05, 4.69) is 20.9 Å². The zero-order valence-electron chi connectivity index (χ0n) is 9.05. The second-order valence-electron chi connectivity index (χ2n) is 3.70. The van der Waals surface area contributed by atoms with Gasteiger partial charge in [0.25, 0.3) is 5.56 Å². The van der Waals surface area contributed by atoms with Gasteiger partial charge in [-0.15, -0.1) is 0 Å². The van der Waals surface area contributed by atoms with Crippen LogP contribution in [0.25, 0.3) is 10.9 Å². The summed E-state index contributed by atoms with van der Waals surface area (Å²) in [5, 5.41) is 1.48. The van der Waals surface area contributed by atoms with E-state index in [-0.39, 0.29) is 25.1 Å². The normalized spacial score (nSPS) is 12.2.